The molecule has 0 aliphatic rings. The van der Waals surface area contributed by atoms with Gasteiger partial charge in [0.15, 0.2) is 0 Å². The molecule has 0 fully saturated rings. The quantitative estimate of drug-likeness (QED) is 0.107. The van der Waals surface area contributed by atoms with Crippen molar-refractivity contribution in [1.82, 2.24) is 5.32 Å². The second-order valence-corrected chi connectivity index (χ2v) is 11.0. The lowest BCUT2D eigenvalue weighted by molar-refractivity contribution is -0.116. The summed E-state index contributed by atoms with van der Waals surface area (Å²) in [5, 5.41) is 17.5. The predicted octanol–water partition coefficient (Wildman–Crippen LogP) is 6.96. The summed E-state index contributed by atoms with van der Waals surface area (Å²) in [6.45, 7) is 1.89. The molecule has 0 bridgehead atoms. The van der Waals surface area contributed by atoms with Crippen molar-refractivity contribution in [2.24, 2.45) is 0 Å². The summed E-state index contributed by atoms with van der Waals surface area (Å²) in [5.41, 5.74) is 2.20. The van der Waals surface area contributed by atoms with Crippen LogP contribution in [0.25, 0.3) is 6.08 Å². The zero-order valence-corrected chi connectivity index (χ0v) is 24.6. The van der Waals surface area contributed by atoms with Crippen molar-refractivity contribution in [3.8, 4) is 0 Å². The maximum atomic E-state index is 13.4. The van der Waals surface area contributed by atoms with Gasteiger partial charge in [-0.05, 0) is 84.8 Å². The van der Waals surface area contributed by atoms with E-state index in [4.69, 9.17) is 16.7 Å². The molecule has 3 amide bonds. The van der Waals surface area contributed by atoms with E-state index < -0.39 is 23.0 Å². The van der Waals surface area contributed by atoms with Crippen molar-refractivity contribution in [1.29, 1.82) is 0 Å². The Morgan fingerprint density at radius 3 is 2.16 bits per heavy atom. The highest BCUT2D eigenvalue weighted by Crippen LogP contribution is 2.29. The standard InChI is InChI=1S/C33H28ClN3O5S/c1-2-29(32(40)35-25-17-13-23(14-18-25)33(41)42)43-27-10-6-9-26(20-27)36-31(39)28(19-21-11-15-24(34)16-12-21)37-30(38)22-7-4-3-5-8-22/h3-20,29H,2H2,1H3,(H,35,40)(H,36,39)(H,37,38)(H,41,42)/b28-19-. The Hall–Kier alpha value is -4.86. The van der Waals surface area contributed by atoms with Crippen molar-refractivity contribution in [3.05, 3.63) is 131 Å². The maximum Gasteiger partial charge on any atom is 0.335 e. The number of halogens is 1. The van der Waals surface area contributed by atoms with Gasteiger partial charge in [-0.3, -0.25) is 14.4 Å². The lowest BCUT2D eigenvalue weighted by atomic mass is 10.1. The average Bonchev–Trinajstić information content (AvgIpc) is 3.01. The molecule has 0 saturated carbocycles. The van der Waals surface area contributed by atoms with Crippen molar-refractivity contribution in [2.45, 2.75) is 23.5 Å². The lowest BCUT2D eigenvalue weighted by Crippen LogP contribution is -2.30. The van der Waals surface area contributed by atoms with Gasteiger partial charge in [-0.15, -0.1) is 11.8 Å². The van der Waals surface area contributed by atoms with Crippen LogP contribution in [0, 0.1) is 0 Å². The summed E-state index contributed by atoms with van der Waals surface area (Å²) >= 11 is 7.33. The van der Waals surface area contributed by atoms with Gasteiger partial charge in [-0.1, -0.05) is 54.9 Å². The van der Waals surface area contributed by atoms with Gasteiger partial charge in [0.1, 0.15) is 5.70 Å². The number of rotatable bonds is 11. The molecule has 0 aromatic heterocycles. The van der Waals surface area contributed by atoms with Crippen LogP contribution in [0.1, 0.15) is 39.6 Å². The first-order valence-corrected chi connectivity index (χ1v) is 14.5. The molecule has 0 aliphatic carbocycles. The molecule has 1 unspecified atom stereocenters. The number of benzene rings is 4. The van der Waals surface area contributed by atoms with Gasteiger partial charge in [0.05, 0.1) is 10.8 Å². The number of amides is 3. The number of thioether (sulfide) groups is 1. The number of carbonyl (C=O) groups excluding carboxylic acids is 3. The molecule has 0 spiro atoms. The highest BCUT2D eigenvalue weighted by Gasteiger charge is 2.20. The van der Waals surface area contributed by atoms with E-state index in [1.807, 2.05) is 13.0 Å². The number of hydrogen-bond acceptors (Lipinski definition) is 5. The first kappa shape index (κ1) is 31.1. The number of aromatic carboxylic acids is 1. The summed E-state index contributed by atoms with van der Waals surface area (Å²) in [6, 6.07) is 28.4. The van der Waals surface area contributed by atoms with Crippen LogP contribution in [0.4, 0.5) is 11.4 Å². The molecule has 0 saturated heterocycles. The minimum absolute atomic E-state index is 0.0361. The summed E-state index contributed by atoms with van der Waals surface area (Å²) < 4.78 is 0. The fraction of sp³-hybridized carbons (Fsp3) is 0.0909. The largest absolute Gasteiger partial charge is 0.478 e. The predicted molar refractivity (Wildman–Crippen MR) is 170 cm³/mol. The molecular formula is C33H28ClN3O5S. The van der Waals surface area contributed by atoms with Crippen molar-refractivity contribution < 1.29 is 24.3 Å². The highest BCUT2D eigenvalue weighted by atomic mass is 35.5. The normalized spacial score (nSPS) is 11.7. The minimum atomic E-state index is -1.04. The van der Waals surface area contributed by atoms with E-state index in [2.05, 4.69) is 16.0 Å². The number of carbonyl (C=O) groups is 4. The van der Waals surface area contributed by atoms with Crippen molar-refractivity contribution in [3.63, 3.8) is 0 Å². The number of carboxylic acids is 1. The monoisotopic (exact) mass is 613 g/mol. The molecule has 218 valence electrons. The smallest absolute Gasteiger partial charge is 0.335 e. The van der Waals surface area contributed by atoms with Crippen LogP contribution in [0.5, 0.6) is 0 Å². The molecule has 0 aliphatic heterocycles. The van der Waals surface area contributed by atoms with Crippen molar-refractivity contribution in [2.75, 3.05) is 10.6 Å². The van der Waals surface area contributed by atoms with Gasteiger partial charge in [-0.2, -0.15) is 0 Å². The number of nitrogens with one attached hydrogen (secondary N) is 3. The molecule has 0 heterocycles. The third-order valence-electron chi connectivity index (χ3n) is 6.14. The zero-order chi connectivity index (χ0) is 30.8. The average molecular weight is 614 g/mol. The van der Waals surface area contributed by atoms with Gasteiger partial charge >= 0.3 is 5.97 Å². The molecule has 4 rings (SSSR count). The van der Waals surface area contributed by atoms with Crippen LogP contribution in [-0.2, 0) is 9.59 Å². The van der Waals surface area contributed by atoms with E-state index >= 15 is 0 Å². The molecule has 8 nitrogen and oxygen atoms in total. The second kappa shape index (κ2) is 14.9. The second-order valence-electron chi connectivity index (χ2n) is 9.30. The molecule has 10 heteroatoms. The Morgan fingerprint density at radius 1 is 0.814 bits per heavy atom. The van der Waals surface area contributed by atoms with Crippen LogP contribution in [0.3, 0.4) is 0 Å². The van der Waals surface area contributed by atoms with E-state index in [0.29, 0.717) is 33.9 Å². The fourth-order valence-corrected chi connectivity index (χ4v) is 5.06. The number of anilines is 2. The van der Waals surface area contributed by atoms with E-state index in [-0.39, 0.29) is 17.2 Å². The zero-order valence-electron chi connectivity index (χ0n) is 23.0. The summed E-state index contributed by atoms with van der Waals surface area (Å²) in [5.74, 6) is -2.24. The molecule has 4 aromatic carbocycles. The third kappa shape index (κ3) is 9.06. The Kier molecular flexibility index (Phi) is 10.7. The fourth-order valence-electron chi connectivity index (χ4n) is 3.92. The van der Waals surface area contributed by atoms with Gasteiger partial charge in [0.2, 0.25) is 5.91 Å². The number of carboxylic acid groups (broad SMARTS) is 1. The minimum Gasteiger partial charge on any atom is -0.478 e. The summed E-state index contributed by atoms with van der Waals surface area (Å²) in [7, 11) is 0. The summed E-state index contributed by atoms with van der Waals surface area (Å²) in [4.78, 5) is 51.1. The molecule has 0 radical (unpaired) electrons. The van der Waals surface area contributed by atoms with Gasteiger partial charge < -0.3 is 21.1 Å². The van der Waals surface area contributed by atoms with Gasteiger partial charge in [-0.25, -0.2) is 4.79 Å². The first-order valence-electron chi connectivity index (χ1n) is 13.3. The van der Waals surface area contributed by atoms with Crippen LogP contribution in [0.15, 0.2) is 114 Å². The Morgan fingerprint density at radius 2 is 1.51 bits per heavy atom. The van der Waals surface area contributed by atoms with E-state index in [9.17, 15) is 19.2 Å². The van der Waals surface area contributed by atoms with E-state index in [0.717, 1.165) is 4.90 Å². The van der Waals surface area contributed by atoms with Gasteiger partial charge in [0.25, 0.3) is 11.8 Å². The van der Waals surface area contributed by atoms with Crippen LogP contribution < -0.4 is 16.0 Å². The molecule has 4 N–H and O–H groups in total. The SMILES string of the molecule is CCC(Sc1cccc(NC(=O)/C(=C/c2ccc(Cl)cc2)NC(=O)c2ccccc2)c1)C(=O)Nc1ccc(C(=O)O)cc1. The van der Waals surface area contributed by atoms with Crippen LogP contribution in [-0.4, -0.2) is 34.0 Å². The van der Waals surface area contributed by atoms with Crippen molar-refractivity contribution >= 4 is 64.5 Å². The van der Waals surface area contributed by atoms with Crippen LogP contribution >= 0.6 is 23.4 Å². The number of hydrogen-bond donors (Lipinski definition) is 4. The lowest BCUT2D eigenvalue weighted by Gasteiger charge is -2.16. The highest BCUT2D eigenvalue weighted by molar-refractivity contribution is 8.00. The third-order valence-corrected chi connectivity index (χ3v) is 7.75. The van der Waals surface area contributed by atoms with E-state index in [1.165, 1.54) is 23.9 Å². The first-order chi connectivity index (χ1) is 20.7. The topological polar surface area (TPSA) is 125 Å². The molecule has 43 heavy (non-hydrogen) atoms. The molecule has 1 atom stereocenters. The molecule has 4 aromatic rings. The van der Waals surface area contributed by atoms with Crippen LogP contribution in [0.2, 0.25) is 5.02 Å². The molecular weight excluding hydrogens is 586 g/mol. The van der Waals surface area contributed by atoms with Gasteiger partial charge in [0, 0.05) is 26.9 Å². The van der Waals surface area contributed by atoms with E-state index in [1.54, 1.807) is 91.0 Å². The summed E-state index contributed by atoms with van der Waals surface area (Å²) in [6.07, 6.45) is 2.09. The Balaban J connectivity index is 1.47. The maximum absolute atomic E-state index is 13.4. The Bertz CT molecular complexity index is 1640. The Labute approximate surface area is 258 Å².